The molecule has 480 valence electrons. The molecule has 2 aliphatic rings. The van der Waals surface area contributed by atoms with Crippen molar-refractivity contribution in [2.45, 2.75) is 120 Å². The van der Waals surface area contributed by atoms with Gasteiger partial charge < -0.3 is 68.2 Å². The number of nitrogens with one attached hydrogen (secondary N) is 2. The SMILES string of the molecule is CNC(=O)CCBr.CNC(=O)CCCOC[C@@H]1O[C@H](COCc2ccccc2)C(O)C(OCc2ccccc2)C1OCc1ccccc1.O=C(OC1C(OCc2ccccc2)C(OCc2ccccc2)[C@H](CO)O[C@@H]1COCc1ccccc1)c1ccccc1. The third-order valence-electron chi connectivity index (χ3n) is 14.7. The van der Waals surface area contributed by atoms with Crippen LogP contribution in [-0.2, 0) is 96.6 Å². The van der Waals surface area contributed by atoms with E-state index in [0.29, 0.717) is 57.9 Å². The number of halogens is 1. The van der Waals surface area contributed by atoms with Gasteiger partial charge in [0.15, 0.2) is 6.10 Å². The lowest BCUT2D eigenvalue weighted by Crippen LogP contribution is -2.62. The van der Waals surface area contributed by atoms with Gasteiger partial charge in [-0.25, -0.2) is 4.79 Å². The maximum atomic E-state index is 13.3. The Kier molecular flexibility index (Phi) is 31.8. The molecule has 2 amide bonds. The molecule has 9 rings (SSSR count). The van der Waals surface area contributed by atoms with Crippen LogP contribution in [0.4, 0.5) is 0 Å². The topological polar surface area (TPSA) is 208 Å². The number of amides is 2. The minimum Gasteiger partial charge on any atom is -0.453 e. The zero-order chi connectivity index (χ0) is 63.4. The van der Waals surface area contributed by atoms with Gasteiger partial charge in [0.2, 0.25) is 11.8 Å². The van der Waals surface area contributed by atoms with Crippen molar-refractivity contribution < 1.29 is 72.0 Å². The van der Waals surface area contributed by atoms with Crippen LogP contribution >= 0.6 is 15.9 Å². The Balaban J connectivity index is 0.000000231. The molecule has 4 N–H and O–H groups in total. The second kappa shape index (κ2) is 40.7. The number of hydrogen-bond donors (Lipinski definition) is 4. The number of aliphatic hydroxyl groups is 2. The fraction of sp³-hybridized carbons (Fsp3) is 0.375. The van der Waals surface area contributed by atoms with Crippen molar-refractivity contribution in [3.05, 3.63) is 251 Å². The highest BCUT2D eigenvalue weighted by Gasteiger charge is 2.50. The van der Waals surface area contributed by atoms with Gasteiger partial charge >= 0.3 is 5.97 Å². The molecule has 6 unspecified atom stereocenters. The van der Waals surface area contributed by atoms with Gasteiger partial charge in [0.05, 0.1) is 71.6 Å². The number of hydrogen-bond acceptors (Lipinski definition) is 15. The van der Waals surface area contributed by atoms with Crippen LogP contribution in [0, 0.1) is 0 Å². The molecule has 10 atom stereocenters. The molecule has 18 heteroatoms. The Morgan fingerprint density at radius 3 is 1.18 bits per heavy atom. The highest BCUT2D eigenvalue weighted by molar-refractivity contribution is 9.09. The second-order valence-corrected chi connectivity index (χ2v) is 22.1. The Morgan fingerprint density at radius 1 is 0.422 bits per heavy atom. The Hall–Kier alpha value is -7.01. The summed E-state index contributed by atoms with van der Waals surface area (Å²) in [6.45, 7) is 2.53. The smallest absolute Gasteiger partial charge is 0.338 e. The van der Waals surface area contributed by atoms with Gasteiger partial charge in [0.1, 0.15) is 54.9 Å². The molecule has 2 heterocycles. The van der Waals surface area contributed by atoms with Gasteiger partial charge in [-0.3, -0.25) is 9.59 Å². The van der Waals surface area contributed by atoms with Crippen LogP contribution in [0.1, 0.15) is 63.0 Å². The fourth-order valence-electron chi connectivity index (χ4n) is 9.91. The van der Waals surface area contributed by atoms with Gasteiger partial charge in [-0.1, -0.05) is 216 Å². The summed E-state index contributed by atoms with van der Waals surface area (Å²) in [6.07, 6.45) is -5.69. The highest BCUT2D eigenvalue weighted by Crippen LogP contribution is 2.32. The number of alkyl halides is 1. The van der Waals surface area contributed by atoms with Crippen LogP contribution in [0.2, 0.25) is 0 Å². The van der Waals surface area contributed by atoms with E-state index in [-0.39, 0.29) is 51.5 Å². The fourth-order valence-corrected chi connectivity index (χ4v) is 10.3. The zero-order valence-corrected chi connectivity index (χ0v) is 52.8. The average Bonchev–Trinajstić information content (AvgIpc) is 1.46. The van der Waals surface area contributed by atoms with E-state index in [1.807, 2.05) is 188 Å². The van der Waals surface area contributed by atoms with Crippen LogP contribution in [0.5, 0.6) is 0 Å². The molecule has 0 aromatic heterocycles. The van der Waals surface area contributed by atoms with Crippen molar-refractivity contribution in [2.24, 2.45) is 0 Å². The maximum absolute atomic E-state index is 13.3. The number of ether oxygens (including phenoxy) is 10. The second-order valence-electron chi connectivity index (χ2n) is 21.3. The van der Waals surface area contributed by atoms with E-state index in [0.717, 1.165) is 38.7 Å². The normalized spacial score (nSPS) is 21.1. The maximum Gasteiger partial charge on any atom is 0.338 e. The molecule has 0 saturated carbocycles. The molecule has 2 fully saturated rings. The number of benzene rings is 7. The lowest BCUT2D eigenvalue weighted by atomic mass is 9.94. The van der Waals surface area contributed by atoms with Crippen LogP contribution < -0.4 is 10.6 Å². The molecular formula is C72H85BrN2O15. The molecule has 17 nitrogen and oxygen atoms in total. The largest absolute Gasteiger partial charge is 0.453 e. The van der Waals surface area contributed by atoms with E-state index in [4.69, 9.17) is 47.4 Å². The summed E-state index contributed by atoms with van der Waals surface area (Å²) in [5, 5.41) is 27.8. The van der Waals surface area contributed by atoms with Crippen molar-refractivity contribution in [3.8, 4) is 0 Å². The third-order valence-corrected chi connectivity index (χ3v) is 15.1. The number of carbonyl (C=O) groups excluding carboxylic acids is 3. The molecule has 0 bridgehead atoms. The van der Waals surface area contributed by atoms with Crippen LogP contribution in [0.3, 0.4) is 0 Å². The Morgan fingerprint density at radius 2 is 0.767 bits per heavy atom. The van der Waals surface area contributed by atoms with E-state index in [9.17, 15) is 24.6 Å². The summed E-state index contributed by atoms with van der Waals surface area (Å²) < 4.78 is 62.5. The van der Waals surface area contributed by atoms with Crippen molar-refractivity contribution >= 4 is 33.7 Å². The lowest BCUT2D eigenvalue weighted by Gasteiger charge is -2.45. The molecule has 0 radical (unpaired) electrons. The number of carbonyl (C=O) groups is 3. The summed E-state index contributed by atoms with van der Waals surface area (Å²) in [6, 6.07) is 67.7. The van der Waals surface area contributed by atoms with Crippen molar-refractivity contribution in [1.29, 1.82) is 0 Å². The number of aliphatic hydroxyl groups excluding tert-OH is 2. The molecule has 2 saturated heterocycles. The van der Waals surface area contributed by atoms with E-state index in [1.165, 1.54) is 0 Å². The average molecular weight is 1300 g/mol. The van der Waals surface area contributed by atoms with E-state index < -0.39 is 67.0 Å². The van der Waals surface area contributed by atoms with Crippen LogP contribution in [-0.4, -0.2) is 141 Å². The summed E-state index contributed by atoms with van der Waals surface area (Å²) in [4.78, 5) is 35.2. The van der Waals surface area contributed by atoms with Crippen molar-refractivity contribution in [1.82, 2.24) is 10.6 Å². The van der Waals surface area contributed by atoms with Crippen LogP contribution in [0.25, 0.3) is 0 Å². The minimum absolute atomic E-state index is 0.0280. The number of esters is 1. The summed E-state index contributed by atoms with van der Waals surface area (Å²) >= 11 is 3.13. The molecule has 2 aliphatic heterocycles. The lowest BCUT2D eigenvalue weighted by molar-refractivity contribution is -0.268. The first-order chi connectivity index (χ1) is 44.2. The molecular weight excluding hydrogens is 1210 g/mol. The first-order valence-electron chi connectivity index (χ1n) is 30.4. The number of rotatable bonds is 31. The first-order valence-corrected chi connectivity index (χ1v) is 31.5. The van der Waals surface area contributed by atoms with Gasteiger partial charge in [-0.05, 0) is 51.9 Å². The van der Waals surface area contributed by atoms with E-state index in [2.05, 4.69) is 26.6 Å². The summed E-state index contributed by atoms with van der Waals surface area (Å²) in [5.41, 5.74) is 6.36. The molecule has 90 heavy (non-hydrogen) atoms. The molecule has 7 aromatic rings. The van der Waals surface area contributed by atoms with Crippen molar-refractivity contribution in [3.63, 3.8) is 0 Å². The summed E-state index contributed by atoms with van der Waals surface area (Å²) in [7, 11) is 3.25. The van der Waals surface area contributed by atoms with E-state index >= 15 is 0 Å². The predicted molar refractivity (Wildman–Crippen MR) is 345 cm³/mol. The van der Waals surface area contributed by atoms with Gasteiger partial charge in [-0.2, -0.15) is 0 Å². The summed E-state index contributed by atoms with van der Waals surface area (Å²) in [5.74, 6) is -0.452. The predicted octanol–water partition coefficient (Wildman–Crippen LogP) is 9.92. The minimum atomic E-state index is -0.986. The molecule has 0 spiro atoms. The monoisotopic (exact) mass is 1300 g/mol. The molecule has 7 aromatic carbocycles. The van der Waals surface area contributed by atoms with Crippen molar-refractivity contribution in [2.75, 3.05) is 52.5 Å². The zero-order valence-electron chi connectivity index (χ0n) is 51.2. The van der Waals surface area contributed by atoms with E-state index in [1.54, 1.807) is 38.4 Å². The Bertz CT molecular complexity index is 3040. The van der Waals surface area contributed by atoms with Gasteiger partial charge in [-0.15, -0.1) is 0 Å². The molecule has 0 aliphatic carbocycles. The Labute approximate surface area is 537 Å². The van der Waals surface area contributed by atoms with Gasteiger partial charge in [0.25, 0.3) is 0 Å². The highest BCUT2D eigenvalue weighted by atomic mass is 79.9. The first kappa shape index (κ1) is 70.4. The van der Waals surface area contributed by atoms with Gasteiger partial charge in [0, 0.05) is 38.9 Å². The standard InChI is InChI=1S/C35H36O7.C33H41NO7.C4H8BrNO/c36-21-30-32(39-23-27-15-7-2-8-16-27)34(40-24-28-17-9-3-10-18-28)33(42-35(37)29-19-11-4-12-20-29)31(41-30)25-38-22-26-13-5-1-6-14-26;1-34-30(35)18-11-19-37-24-29-32(39-21-26-14-7-3-8-15-26)33(40-22-27-16-9-4-10-17-27)31(36)28(41-29)23-38-20-25-12-5-2-6-13-25;1-6-4(7)2-3-5/h1-20,30-34,36H,21-25H2;2-10,12-17,28-29,31-33,36H,11,18-24H2,1H3,(H,34,35);2-3H2,1H3,(H,6,7)/t30-,31+,32?,33?,34?;28-,29+,31?,32?,33?;/m01./s1. The quantitative estimate of drug-likeness (QED) is 0.0181. The van der Waals surface area contributed by atoms with Crippen LogP contribution in [0.15, 0.2) is 212 Å². The third kappa shape index (κ3) is 24.3.